The third kappa shape index (κ3) is 2.99. The highest BCUT2D eigenvalue weighted by Gasteiger charge is 2.33. The molecule has 0 spiro atoms. The van der Waals surface area contributed by atoms with Crippen LogP contribution in [-0.4, -0.2) is 26.2 Å². The summed E-state index contributed by atoms with van der Waals surface area (Å²) in [6.45, 7) is 3.11. The van der Waals surface area contributed by atoms with Gasteiger partial charge in [-0.1, -0.05) is 12.8 Å². The zero-order chi connectivity index (χ0) is 9.73. The number of rotatable bonds is 4. The Bertz CT molecular complexity index is 174. The van der Waals surface area contributed by atoms with E-state index in [1.165, 1.54) is 25.7 Å². The molecule has 1 fully saturated rings. The third-order valence-corrected chi connectivity index (χ3v) is 2.83. The summed E-state index contributed by atoms with van der Waals surface area (Å²) in [6, 6.07) is 0. The van der Waals surface area contributed by atoms with Crippen LogP contribution in [0.3, 0.4) is 0 Å². The summed E-state index contributed by atoms with van der Waals surface area (Å²) >= 11 is 0. The molecule has 76 valence electrons. The second-order valence-corrected chi connectivity index (χ2v) is 4.05. The first-order valence-electron chi connectivity index (χ1n) is 4.92. The summed E-state index contributed by atoms with van der Waals surface area (Å²) in [5.41, 5.74) is 0.223. The van der Waals surface area contributed by atoms with Gasteiger partial charge in [-0.05, 0) is 12.8 Å². The van der Waals surface area contributed by atoms with Crippen LogP contribution in [-0.2, 0) is 9.53 Å². The first kappa shape index (κ1) is 10.5. The Morgan fingerprint density at radius 1 is 1.46 bits per heavy atom. The zero-order valence-electron chi connectivity index (χ0n) is 8.56. The summed E-state index contributed by atoms with van der Waals surface area (Å²) < 4.78 is 5.21. The molecule has 0 atom stereocenters. The van der Waals surface area contributed by atoms with Crippen molar-refractivity contribution >= 4 is 5.91 Å². The van der Waals surface area contributed by atoms with Crippen LogP contribution in [0.5, 0.6) is 0 Å². The van der Waals surface area contributed by atoms with Gasteiger partial charge in [0.1, 0.15) is 0 Å². The molecule has 0 unspecified atom stereocenters. The molecule has 13 heavy (non-hydrogen) atoms. The van der Waals surface area contributed by atoms with Crippen molar-refractivity contribution in [1.82, 2.24) is 5.32 Å². The van der Waals surface area contributed by atoms with Crippen LogP contribution in [0.1, 0.15) is 32.6 Å². The fourth-order valence-electron chi connectivity index (χ4n) is 2.12. The lowest BCUT2D eigenvalue weighted by Crippen LogP contribution is -2.37. The minimum atomic E-state index is 0.0578. The highest BCUT2D eigenvalue weighted by Crippen LogP contribution is 2.37. The number of nitrogens with one attached hydrogen (secondary N) is 1. The Labute approximate surface area is 79.8 Å². The number of ether oxygens (including phenoxy) is 1. The summed E-state index contributed by atoms with van der Waals surface area (Å²) in [5, 5.41) is 2.89. The molecule has 0 aromatic heterocycles. The summed E-state index contributed by atoms with van der Waals surface area (Å²) in [4.78, 5) is 10.8. The largest absolute Gasteiger partial charge is 0.384 e. The van der Waals surface area contributed by atoms with E-state index in [0.29, 0.717) is 0 Å². The quantitative estimate of drug-likeness (QED) is 0.717. The number of hydrogen-bond donors (Lipinski definition) is 1. The van der Waals surface area contributed by atoms with E-state index in [1.54, 1.807) is 14.0 Å². The van der Waals surface area contributed by atoms with Crippen LogP contribution in [0.15, 0.2) is 0 Å². The molecule has 0 saturated heterocycles. The van der Waals surface area contributed by atoms with Crippen molar-refractivity contribution in [1.29, 1.82) is 0 Å². The molecule has 1 N–H and O–H groups in total. The Morgan fingerprint density at radius 2 is 2.08 bits per heavy atom. The smallest absolute Gasteiger partial charge is 0.216 e. The number of carbonyl (C=O) groups is 1. The van der Waals surface area contributed by atoms with Gasteiger partial charge in [0.05, 0.1) is 6.61 Å². The van der Waals surface area contributed by atoms with Crippen LogP contribution < -0.4 is 5.32 Å². The third-order valence-electron chi connectivity index (χ3n) is 2.83. The van der Waals surface area contributed by atoms with Crippen molar-refractivity contribution in [3.05, 3.63) is 0 Å². The summed E-state index contributed by atoms with van der Waals surface area (Å²) in [5.74, 6) is 0.0578. The van der Waals surface area contributed by atoms with Gasteiger partial charge in [0.2, 0.25) is 5.91 Å². The van der Waals surface area contributed by atoms with Crippen molar-refractivity contribution in [2.75, 3.05) is 20.3 Å². The van der Waals surface area contributed by atoms with E-state index in [9.17, 15) is 4.79 Å². The van der Waals surface area contributed by atoms with E-state index < -0.39 is 0 Å². The molecule has 3 nitrogen and oxygen atoms in total. The first-order chi connectivity index (χ1) is 6.18. The Balaban J connectivity index is 2.41. The van der Waals surface area contributed by atoms with Gasteiger partial charge in [-0.25, -0.2) is 0 Å². The van der Waals surface area contributed by atoms with Crippen LogP contribution in [0, 0.1) is 5.41 Å². The molecule has 0 heterocycles. The fourth-order valence-corrected chi connectivity index (χ4v) is 2.12. The molecule has 0 aliphatic heterocycles. The van der Waals surface area contributed by atoms with Crippen LogP contribution >= 0.6 is 0 Å². The van der Waals surface area contributed by atoms with Gasteiger partial charge < -0.3 is 10.1 Å². The second kappa shape index (κ2) is 4.61. The minimum absolute atomic E-state index is 0.0578. The lowest BCUT2D eigenvalue weighted by molar-refractivity contribution is -0.119. The average Bonchev–Trinajstić information content (AvgIpc) is 2.51. The molecule has 1 aliphatic carbocycles. The molecule has 1 amide bonds. The standard InChI is InChI=1S/C10H19NO2/c1-9(12)11-7-10(8-13-2)5-3-4-6-10/h3-8H2,1-2H3,(H,11,12). The van der Waals surface area contributed by atoms with Gasteiger partial charge in [-0.15, -0.1) is 0 Å². The van der Waals surface area contributed by atoms with Crippen molar-refractivity contribution in [3.63, 3.8) is 0 Å². The molecule has 0 aromatic rings. The lowest BCUT2D eigenvalue weighted by atomic mass is 9.87. The second-order valence-electron chi connectivity index (χ2n) is 4.05. The minimum Gasteiger partial charge on any atom is -0.384 e. The molecule has 1 rings (SSSR count). The predicted molar refractivity (Wildman–Crippen MR) is 51.5 cm³/mol. The van der Waals surface area contributed by atoms with Crippen LogP contribution in [0.2, 0.25) is 0 Å². The normalized spacial score (nSPS) is 20.2. The number of methoxy groups -OCH3 is 1. The van der Waals surface area contributed by atoms with E-state index in [0.717, 1.165) is 13.2 Å². The monoisotopic (exact) mass is 185 g/mol. The van der Waals surface area contributed by atoms with Crippen molar-refractivity contribution in [2.24, 2.45) is 5.41 Å². The molecule has 3 heteroatoms. The van der Waals surface area contributed by atoms with Gasteiger partial charge in [-0.2, -0.15) is 0 Å². The van der Waals surface area contributed by atoms with Crippen molar-refractivity contribution < 1.29 is 9.53 Å². The maximum Gasteiger partial charge on any atom is 0.216 e. The molecule has 1 aliphatic rings. The zero-order valence-corrected chi connectivity index (χ0v) is 8.56. The topological polar surface area (TPSA) is 38.3 Å². The van der Waals surface area contributed by atoms with E-state index >= 15 is 0 Å². The molecular formula is C10H19NO2. The van der Waals surface area contributed by atoms with Crippen molar-refractivity contribution in [2.45, 2.75) is 32.6 Å². The molecular weight excluding hydrogens is 166 g/mol. The van der Waals surface area contributed by atoms with Crippen LogP contribution in [0.25, 0.3) is 0 Å². The van der Waals surface area contributed by atoms with Gasteiger partial charge in [0.25, 0.3) is 0 Å². The van der Waals surface area contributed by atoms with Gasteiger partial charge in [0.15, 0.2) is 0 Å². The summed E-state index contributed by atoms with van der Waals surface area (Å²) in [6.07, 6.45) is 4.90. The Hall–Kier alpha value is -0.570. The predicted octanol–water partition coefficient (Wildman–Crippen LogP) is 1.33. The fraction of sp³-hybridized carbons (Fsp3) is 0.900. The lowest BCUT2D eigenvalue weighted by Gasteiger charge is -2.27. The molecule has 1 saturated carbocycles. The Kier molecular flexibility index (Phi) is 3.72. The van der Waals surface area contributed by atoms with E-state index in [2.05, 4.69) is 5.32 Å². The van der Waals surface area contributed by atoms with Crippen molar-refractivity contribution in [3.8, 4) is 0 Å². The van der Waals surface area contributed by atoms with E-state index in [4.69, 9.17) is 4.74 Å². The molecule has 0 aromatic carbocycles. The molecule has 0 bridgehead atoms. The maximum absolute atomic E-state index is 10.8. The van der Waals surface area contributed by atoms with Gasteiger partial charge >= 0.3 is 0 Å². The summed E-state index contributed by atoms with van der Waals surface area (Å²) in [7, 11) is 1.73. The highest BCUT2D eigenvalue weighted by atomic mass is 16.5. The van der Waals surface area contributed by atoms with E-state index in [-0.39, 0.29) is 11.3 Å². The molecule has 0 radical (unpaired) electrons. The Morgan fingerprint density at radius 3 is 2.54 bits per heavy atom. The first-order valence-corrected chi connectivity index (χ1v) is 4.92. The number of amides is 1. The number of hydrogen-bond acceptors (Lipinski definition) is 2. The van der Waals surface area contributed by atoms with Crippen LogP contribution in [0.4, 0.5) is 0 Å². The SMILES string of the molecule is COCC1(CNC(C)=O)CCCC1. The van der Waals surface area contributed by atoms with Gasteiger partial charge in [-0.3, -0.25) is 4.79 Å². The van der Waals surface area contributed by atoms with E-state index in [1.807, 2.05) is 0 Å². The highest BCUT2D eigenvalue weighted by molar-refractivity contribution is 5.72. The van der Waals surface area contributed by atoms with Gasteiger partial charge in [0, 0.05) is 26.0 Å². The average molecular weight is 185 g/mol. The maximum atomic E-state index is 10.8. The number of carbonyl (C=O) groups excluding carboxylic acids is 1.